The fourth-order valence-electron chi connectivity index (χ4n) is 3.58. The van der Waals surface area contributed by atoms with E-state index in [9.17, 15) is 0 Å². The minimum atomic E-state index is 0.314. The Hall–Kier alpha value is -0.860. The Balaban J connectivity index is 2.21. The molecule has 1 fully saturated rings. The predicted molar refractivity (Wildman–Crippen MR) is 81.7 cm³/mol. The monoisotopic (exact) mass is 260 g/mol. The van der Waals surface area contributed by atoms with E-state index in [1.165, 1.54) is 48.8 Å². The molecular formula is C17H28N2. The molecule has 1 aliphatic rings. The first-order valence-corrected chi connectivity index (χ1v) is 7.69. The van der Waals surface area contributed by atoms with Gasteiger partial charge in [-0.2, -0.15) is 0 Å². The molecule has 2 nitrogen and oxygen atoms in total. The van der Waals surface area contributed by atoms with Crippen LogP contribution in [-0.4, -0.2) is 0 Å². The van der Waals surface area contributed by atoms with Gasteiger partial charge in [0.25, 0.3) is 0 Å². The SMILES string of the molecule is CCC1CCCC(C(NN)c2cc(C)ccc2C)C1. The van der Waals surface area contributed by atoms with Gasteiger partial charge in [-0.1, -0.05) is 49.9 Å². The summed E-state index contributed by atoms with van der Waals surface area (Å²) in [7, 11) is 0. The van der Waals surface area contributed by atoms with Gasteiger partial charge in [-0.05, 0) is 49.7 Å². The summed E-state index contributed by atoms with van der Waals surface area (Å²) in [5.41, 5.74) is 7.17. The maximum atomic E-state index is 5.89. The molecule has 1 aliphatic carbocycles. The second-order valence-corrected chi connectivity index (χ2v) is 6.21. The molecule has 3 N–H and O–H groups in total. The molecule has 0 spiro atoms. The van der Waals surface area contributed by atoms with Crippen molar-refractivity contribution in [2.75, 3.05) is 0 Å². The summed E-state index contributed by atoms with van der Waals surface area (Å²) in [5, 5.41) is 0. The number of aryl methyl sites for hydroxylation is 2. The number of nitrogens with two attached hydrogens (primary N) is 1. The zero-order chi connectivity index (χ0) is 13.8. The third-order valence-electron chi connectivity index (χ3n) is 4.82. The average molecular weight is 260 g/mol. The lowest BCUT2D eigenvalue weighted by atomic mass is 9.74. The van der Waals surface area contributed by atoms with Crippen molar-refractivity contribution in [3.63, 3.8) is 0 Å². The molecule has 0 aliphatic heterocycles. The molecule has 106 valence electrons. The Labute approximate surface area is 117 Å². The van der Waals surface area contributed by atoms with Gasteiger partial charge in [-0.15, -0.1) is 0 Å². The predicted octanol–water partition coefficient (Wildman–Crippen LogP) is 4.02. The molecule has 0 saturated heterocycles. The summed E-state index contributed by atoms with van der Waals surface area (Å²) in [4.78, 5) is 0. The topological polar surface area (TPSA) is 38.0 Å². The van der Waals surface area contributed by atoms with Gasteiger partial charge in [-0.3, -0.25) is 11.3 Å². The fraction of sp³-hybridized carbons (Fsp3) is 0.647. The van der Waals surface area contributed by atoms with E-state index in [4.69, 9.17) is 5.84 Å². The Morgan fingerprint density at radius 1 is 1.32 bits per heavy atom. The molecule has 0 amide bonds. The third-order valence-corrected chi connectivity index (χ3v) is 4.82. The van der Waals surface area contributed by atoms with Gasteiger partial charge in [0, 0.05) is 6.04 Å². The maximum Gasteiger partial charge on any atom is 0.0490 e. The molecule has 2 rings (SSSR count). The molecular weight excluding hydrogens is 232 g/mol. The molecule has 3 atom stereocenters. The van der Waals surface area contributed by atoms with Crippen LogP contribution in [0.5, 0.6) is 0 Å². The van der Waals surface area contributed by atoms with Crippen LogP contribution in [0.4, 0.5) is 0 Å². The molecule has 19 heavy (non-hydrogen) atoms. The van der Waals surface area contributed by atoms with E-state index in [0.717, 1.165) is 5.92 Å². The van der Waals surface area contributed by atoms with Crippen LogP contribution >= 0.6 is 0 Å². The van der Waals surface area contributed by atoms with Crippen LogP contribution in [0.1, 0.15) is 61.8 Å². The van der Waals surface area contributed by atoms with Gasteiger partial charge in [-0.25, -0.2) is 0 Å². The average Bonchev–Trinajstić information content (AvgIpc) is 2.44. The number of nitrogens with one attached hydrogen (secondary N) is 1. The highest BCUT2D eigenvalue weighted by molar-refractivity contribution is 5.33. The van der Waals surface area contributed by atoms with Crippen LogP contribution in [-0.2, 0) is 0 Å². The Bertz CT molecular complexity index is 414. The first kappa shape index (κ1) is 14.5. The molecule has 2 heteroatoms. The van der Waals surface area contributed by atoms with Crippen LogP contribution in [0.3, 0.4) is 0 Å². The van der Waals surface area contributed by atoms with Crippen LogP contribution in [0.15, 0.2) is 18.2 Å². The van der Waals surface area contributed by atoms with Crippen molar-refractivity contribution in [3.05, 3.63) is 34.9 Å². The van der Waals surface area contributed by atoms with Crippen molar-refractivity contribution in [1.82, 2.24) is 5.43 Å². The minimum Gasteiger partial charge on any atom is -0.271 e. The summed E-state index contributed by atoms with van der Waals surface area (Å²) < 4.78 is 0. The van der Waals surface area contributed by atoms with Crippen molar-refractivity contribution in [3.8, 4) is 0 Å². The second kappa shape index (κ2) is 6.53. The summed E-state index contributed by atoms with van der Waals surface area (Å²) in [5.74, 6) is 7.46. The molecule has 0 bridgehead atoms. The van der Waals surface area contributed by atoms with E-state index in [2.05, 4.69) is 44.4 Å². The lowest BCUT2D eigenvalue weighted by molar-refractivity contribution is 0.209. The summed E-state index contributed by atoms with van der Waals surface area (Å²) in [6.45, 7) is 6.67. The first-order valence-electron chi connectivity index (χ1n) is 7.69. The van der Waals surface area contributed by atoms with Gasteiger partial charge >= 0.3 is 0 Å². The standard InChI is InChI=1S/C17H28N2/c1-4-14-6-5-7-15(11-14)17(19-18)16-10-12(2)8-9-13(16)3/h8-10,14-15,17,19H,4-7,11,18H2,1-3H3. The summed E-state index contributed by atoms with van der Waals surface area (Å²) in [6.07, 6.45) is 6.68. The number of hydrogen-bond donors (Lipinski definition) is 2. The number of hydrazine groups is 1. The van der Waals surface area contributed by atoms with E-state index in [-0.39, 0.29) is 0 Å². The van der Waals surface area contributed by atoms with Gasteiger partial charge in [0.1, 0.15) is 0 Å². The highest BCUT2D eigenvalue weighted by Gasteiger charge is 2.28. The van der Waals surface area contributed by atoms with Crippen molar-refractivity contribution < 1.29 is 0 Å². The van der Waals surface area contributed by atoms with Crippen LogP contribution < -0.4 is 11.3 Å². The summed E-state index contributed by atoms with van der Waals surface area (Å²) in [6, 6.07) is 7.02. The third kappa shape index (κ3) is 3.37. The van der Waals surface area contributed by atoms with E-state index in [0.29, 0.717) is 12.0 Å². The normalized spacial score (nSPS) is 25.3. The molecule has 0 radical (unpaired) electrons. The van der Waals surface area contributed by atoms with Gasteiger partial charge in [0.05, 0.1) is 0 Å². The van der Waals surface area contributed by atoms with E-state index < -0.39 is 0 Å². The van der Waals surface area contributed by atoms with Crippen LogP contribution in [0.2, 0.25) is 0 Å². The van der Waals surface area contributed by atoms with Crippen molar-refractivity contribution in [2.45, 2.75) is 58.9 Å². The largest absolute Gasteiger partial charge is 0.271 e. The molecule has 1 aromatic rings. The molecule has 0 heterocycles. The second-order valence-electron chi connectivity index (χ2n) is 6.21. The Morgan fingerprint density at radius 3 is 2.79 bits per heavy atom. The van der Waals surface area contributed by atoms with Gasteiger partial charge in [0.15, 0.2) is 0 Å². The molecule has 1 aromatic carbocycles. The minimum absolute atomic E-state index is 0.314. The lowest BCUT2D eigenvalue weighted by Crippen LogP contribution is -2.36. The molecule has 1 saturated carbocycles. The zero-order valence-corrected chi connectivity index (χ0v) is 12.6. The number of rotatable bonds is 4. The lowest BCUT2D eigenvalue weighted by Gasteiger charge is -2.35. The van der Waals surface area contributed by atoms with Crippen molar-refractivity contribution in [1.29, 1.82) is 0 Å². The molecule has 3 unspecified atom stereocenters. The first-order chi connectivity index (χ1) is 9.15. The van der Waals surface area contributed by atoms with Gasteiger partial charge in [0.2, 0.25) is 0 Å². The number of hydrogen-bond acceptors (Lipinski definition) is 2. The highest BCUT2D eigenvalue weighted by atomic mass is 15.2. The van der Waals surface area contributed by atoms with Crippen LogP contribution in [0, 0.1) is 25.7 Å². The Morgan fingerprint density at radius 2 is 2.11 bits per heavy atom. The summed E-state index contributed by atoms with van der Waals surface area (Å²) >= 11 is 0. The Kier molecular flexibility index (Phi) is 5.00. The van der Waals surface area contributed by atoms with E-state index in [1.54, 1.807) is 0 Å². The molecule has 0 aromatic heterocycles. The maximum absolute atomic E-state index is 5.89. The van der Waals surface area contributed by atoms with Crippen molar-refractivity contribution in [2.24, 2.45) is 17.7 Å². The smallest absolute Gasteiger partial charge is 0.0490 e. The fourth-order valence-corrected chi connectivity index (χ4v) is 3.58. The quantitative estimate of drug-likeness (QED) is 0.634. The van der Waals surface area contributed by atoms with Gasteiger partial charge < -0.3 is 0 Å². The number of benzene rings is 1. The van der Waals surface area contributed by atoms with E-state index in [1.807, 2.05) is 0 Å². The van der Waals surface area contributed by atoms with E-state index >= 15 is 0 Å². The highest BCUT2D eigenvalue weighted by Crippen LogP contribution is 2.39. The van der Waals surface area contributed by atoms with Crippen molar-refractivity contribution >= 4 is 0 Å². The zero-order valence-electron chi connectivity index (χ0n) is 12.6. The van der Waals surface area contributed by atoms with Crippen LogP contribution in [0.25, 0.3) is 0 Å².